The van der Waals surface area contributed by atoms with Gasteiger partial charge >= 0.3 is 6.09 Å². The van der Waals surface area contributed by atoms with Crippen LogP contribution in [0.2, 0.25) is 0 Å². The molecule has 1 aliphatic rings. The lowest BCUT2D eigenvalue weighted by Gasteiger charge is -2.33. The molecule has 1 fully saturated rings. The van der Waals surface area contributed by atoms with Gasteiger partial charge in [-0.05, 0) is 39.2 Å². The van der Waals surface area contributed by atoms with Crippen LogP contribution < -0.4 is 5.32 Å². The number of alkyl carbamates (subject to hydrolysis) is 1. The smallest absolute Gasteiger partial charge is 0.408 e. The highest BCUT2D eigenvalue weighted by Crippen LogP contribution is 2.14. The summed E-state index contributed by atoms with van der Waals surface area (Å²) in [5, 5.41) is 12.3. The van der Waals surface area contributed by atoms with Crippen LogP contribution in [0.3, 0.4) is 0 Å². The predicted octanol–water partition coefficient (Wildman–Crippen LogP) is 2.11. The SMILES string of the molecule is CC(C)(C)OC(=O)NC(Cc1ccccc1)C(=O)N1CCC(O)CC1. The number of nitrogens with one attached hydrogen (secondary N) is 1. The number of amides is 2. The van der Waals surface area contributed by atoms with Crippen molar-refractivity contribution in [3.8, 4) is 0 Å². The van der Waals surface area contributed by atoms with E-state index in [4.69, 9.17) is 4.74 Å². The normalized spacial score (nSPS) is 17.0. The van der Waals surface area contributed by atoms with Crippen molar-refractivity contribution in [3.05, 3.63) is 35.9 Å². The number of aliphatic hydroxyl groups excluding tert-OH is 1. The minimum Gasteiger partial charge on any atom is -0.444 e. The second-order valence-corrected chi connectivity index (χ2v) is 7.44. The summed E-state index contributed by atoms with van der Waals surface area (Å²) < 4.78 is 5.30. The summed E-state index contributed by atoms with van der Waals surface area (Å²) >= 11 is 0. The summed E-state index contributed by atoms with van der Waals surface area (Å²) in [4.78, 5) is 26.7. The van der Waals surface area contributed by atoms with Gasteiger partial charge in [-0.25, -0.2) is 4.79 Å². The number of likely N-dealkylation sites (tertiary alicyclic amines) is 1. The molecule has 1 heterocycles. The Labute approximate surface area is 149 Å². The molecule has 1 atom stereocenters. The molecule has 0 aromatic heterocycles. The van der Waals surface area contributed by atoms with E-state index in [0.717, 1.165) is 5.56 Å². The number of nitrogens with zero attached hydrogens (tertiary/aromatic N) is 1. The van der Waals surface area contributed by atoms with Gasteiger partial charge in [-0.3, -0.25) is 4.79 Å². The number of carbonyl (C=O) groups excluding carboxylic acids is 2. The lowest BCUT2D eigenvalue weighted by molar-refractivity contribution is -0.135. The number of piperidine rings is 1. The Morgan fingerprint density at radius 2 is 1.84 bits per heavy atom. The van der Waals surface area contributed by atoms with E-state index < -0.39 is 17.7 Å². The zero-order chi connectivity index (χ0) is 18.4. The average molecular weight is 348 g/mol. The summed E-state index contributed by atoms with van der Waals surface area (Å²) in [6.45, 7) is 6.36. The third kappa shape index (κ3) is 6.38. The monoisotopic (exact) mass is 348 g/mol. The molecule has 2 rings (SSSR count). The van der Waals surface area contributed by atoms with Gasteiger partial charge in [0.25, 0.3) is 0 Å². The van der Waals surface area contributed by atoms with E-state index >= 15 is 0 Å². The van der Waals surface area contributed by atoms with Gasteiger partial charge in [0.1, 0.15) is 11.6 Å². The molecular weight excluding hydrogens is 320 g/mol. The Kier molecular flexibility index (Phi) is 6.42. The molecule has 1 aliphatic heterocycles. The lowest BCUT2D eigenvalue weighted by Crippen LogP contribution is -2.52. The number of aliphatic hydroxyl groups is 1. The Morgan fingerprint density at radius 1 is 1.24 bits per heavy atom. The molecular formula is C19H28N2O4. The van der Waals surface area contributed by atoms with Gasteiger partial charge < -0.3 is 20.1 Å². The van der Waals surface area contributed by atoms with Gasteiger partial charge in [0.15, 0.2) is 0 Å². The Morgan fingerprint density at radius 3 is 2.40 bits per heavy atom. The first-order valence-electron chi connectivity index (χ1n) is 8.75. The molecule has 1 aromatic rings. The predicted molar refractivity (Wildman–Crippen MR) is 95.1 cm³/mol. The molecule has 1 unspecified atom stereocenters. The van der Waals surface area contributed by atoms with Crippen molar-refractivity contribution in [3.63, 3.8) is 0 Å². The van der Waals surface area contributed by atoms with Crippen molar-refractivity contribution < 1.29 is 19.4 Å². The fraction of sp³-hybridized carbons (Fsp3) is 0.579. The van der Waals surface area contributed by atoms with E-state index in [1.807, 2.05) is 30.3 Å². The molecule has 0 spiro atoms. The highest BCUT2D eigenvalue weighted by Gasteiger charge is 2.30. The van der Waals surface area contributed by atoms with Crippen LogP contribution in [0.25, 0.3) is 0 Å². The highest BCUT2D eigenvalue weighted by molar-refractivity contribution is 5.86. The largest absolute Gasteiger partial charge is 0.444 e. The minimum absolute atomic E-state index is 0.137. The van der Waals surface area contributed by atoms with Crippen molar-refractivity contribution in [1.29, 1.82) is 0 Å². The average Bonchev–Trinajstić information content (AvgIpc) is 2.53. The zero-order valence-electron chi connectivity index (χ0n) is 15.2. The summed E-state index contributed by atoms with van der Waals surface area (Å²) in [5.41, 5.74) is 0.341. The van der Waals surface area contributed by atoms with Crippen molar-refractivity contribution in [2.24, 2.45) is 0 Å². The molecule has 0 aliphatic carbocycles. The fourth-order valence-corrected chi connectivity index (χ4v) is 2.81. The van der Waals surface area contributed by atoms with Crippen LogP contribution in [0, 0.1) is 0 Å². The van der Waals surface area contributed by atoms with E-state index in [1.54, 1.807) is 25.7 Å². The van der Waals surface area contributed by atoms with Gasteiger partial charge in [-0.1, -0.05) is 30.3 Å². The third-order valence-corrected chi connectivity index (χ3v) is 4.05. The van der Waals surface area contributed by atoms with Crippen molar-refractivity contribution in [2.75, 3.05) is 13.1 Å². The van der Waals surface area contributed by atoms with Crippen LogP contribution >= 0.6 is 0 Å². The Balaban J connectivity index is 2.08. The number of rotatable bonds is 4. The maximum atomic E-state index is 12.9. The first kappa shape index (κ1) is 19.2. The van der Waals surface area contributed by atoms with Gasteiger partial charge in [-0.2, -0.15) is 0 Å². The van der Waals surface area contributed by atoms with E-state index in [1.165, 1.54) is 0 Å². The molecule has 0 saturated carbocycles. The van der Waals surface area contributed by atoms with E-state index in [2.05, 4.69) is 5.32 Å². The van der Waals surface area contributed by atoms with Crippen LogP contribution in [0.5, 0.6) is 0 Å². The Bertz CT molecular complexity index is 575. The van der Waals surface area contributed by atoms with Crippen molar-refractivity contribution in [1.82, 2.24) is 10.2 Å². The molecule has 6 heteroatoms. The van der Waals surface area contributed by atoms with Crippen LogP contribution in [0.1, 0.15) is 39.2 Å². The van der Waals surface area contributed by atoms with Crippen LogP contribution in [0.4, 0.5) is 4.79 Å². The summed E-state index contributed by atoms with van der Waals surface area (Å²) in [5.74, 6) is -0.137. The number of hydrogen-bond donors (Lipinski definition) is 2. The van der Waals surface area contributed by atoms with Crippen LogP contribution in [0.15, 0.2) is 30.3 Å². The van der Waals surface area contributed by atoms with Gasteiger partial charge in [0.05, 0.1) is 6.10 Å². The lowest BCUT2D eigenvalue weighted by atomic mass is 10.0. The molecule has 2 N–H and O–H groups in total. The highest BCUT2D eigenvalue weighted by atomic mass is 16.6. The van der Waals surface area contributed by atoms with E-state index in [9.17, 15) is 14.7 Å². The zero-order valence-corrected chi connectivity index (χ0v) is 15.2. The molecule has 25 heavy (non-hydrogen) atoms. The van der Waals surface area contributed by atoms with Crippen LogP contribution in [-0.4, -0.2) is 52.8 Å². The van der Waals surface area contributed by atoms with Crippen LogP contribution in [-0.2, 0) is 16.0 Å². The second-order valence-electron chi connectivity index (χ2n) is 7.44. The topological polar surface area (TPSA) is 78.9 Å². The number of ether oxygens (including phenoxy) is 1. The molecule has 2 amide bonds. The second kappa shape index (κ2) is 8.34. The number of benzene rings is 1. The molecule has 138 valence electrons. The molecule has 1 aromatic carbocycles. The summed E-state index contributed by atoms with van der Waals surface area (Å²) in [6, 6.07) is 8.89. The minimum atomic E-state index is -0.688. The fourth-order valence-electron chi connectivity index (χ4n) is 2.81. The maximum Gasteiger partial charge on any atom is 0.408 e. The molecule has 1 saturated heterocycles. The van der Waals surface area contributed by atoms with Crippen molar-refractivity contribution >= 4 is 12.0 Å². The summed E-state index contributed by atoms with van der Waals surface area (Å²) in [7, 11) is 0. The van der Waals surface area contributed by atoms with Gasteiger partial charge in [-0.15, -0.1) is 0 Å². The number of hydrogen-bond acceptors (Lipinski definition) is 4. The Hall–Kier alpha value is -2.08. The molecule has 0 radical (unpaired) electrons. The van der Waals surface area contributed by atoms with Gasteiger partial charge in [0, 0.05) is 19.5 Å². The standard InChI is InChI=1S/C19H28N2O4/c1-19(2,3)25-18(24)20-16(13-14-7-5-4-6-8-14)17(23)21-11-9-15(22)10-12-21/h4-8,15-16,22H,9-13H2,1-3H3,(H,20,24). The first-order valence-corrected chi connectivity index (χ1v) is 8.75. The third-order valence-electron chi connectivity index (χ3n) is 4.05. The quantitative estimate of drug-likeness (QED) is 0.873. The molecule has 6 nitrogen and oxygen atoms in total. The van der Waals surface area contributed by atoms with E-state index in [0.29, 0.717) is 32.4 Å². The maximum absolute atomic E-state index is 12.9. The van der Waals surface area contributed by atoms with E-state index in [-0.39, 0.29) is 12.0 Å². The first-order chi connectivity index (χ1) is 11.7. The van der Waals surface area contributed by atoms with Gasteiger partial charge in [0.2, 0.25) is 5.91 Å². The summed E-state index contributed by atoms with van der Waals surface area (Å²) in [6.07, 6.45) is 0.582. The molecule has 0 bridgehead atoms. The number of carbonyl (C=O) groups is 2. The van der Waals surface area contributed by atoms with Crippen molar-refractivity contribution in [2.45, 2.75) is 57.8 Å².